The normalized spacial score (nSPS) is 13.8. The molecule has 0 rings (SSSR count). The average molecular weight is 272 g/mol. The predicted octanol–water partition coefficient (Wildman–Crippen LogP) is -0.850. The van der Waals surface area contributed by atoms with E-state index in [-0.39, 0.29) is 25.2 Å². The van der Waals surface area contributed by atoms with Crippen molar-refractivity contribution in [3.63, 3.8) is 0 Å². The van der Waals surface area contributed by atoms with Gasteiger partial charge in [-0.3, -0.25) is 14.4 Å². The third-order valence-corrected chi connectivity index (χ3v) is 2.66. The first kappa shape index (κ1) is 17.7. The fourth-order valence-electron chi connectivity index (χ4n) is 1.56. The van der Waals surface area contributed by atoms with Crippen molar-refractivity contribution in [2.24, 2.45) is 17.4 Å². The number of hydrogen-bond donors (Lipinski definition) is 4. The van der Waals surface area contributed by atoms with Gasteiger partial charge in [-0.15, -0.1) is 0 Å². The third kappa shape index (κ3) is 9.29. The zero-order valence-corrected chi connectivity index (χ0v) is 10.9. The lowest BCUT2D eigenvalue weighted by Gasteiger charge is -2.12. The summed E-state index contributed by atoms with van der Waals surface area (Å²) in [6.07, 6.45) is 2.77. The highest BCUT2D eigenvalue weighted by Crippen LogP contribution is 2.05. The van der Waals surface area contributed by atoms with Crippen LogP contribution in [0.1, 0.15) is 32.1 Å². The summed E-state index contributed by atoms with van der Waals surface area (Å²) in [5, 5.41) is 11.4. The molecule has 0 fully saturated rings. The molecule has 0 aliphatic rings. The molecule has 0 bridgehead atoms. The molecule has 2 atom stereocenters. The number of Topliss-reactive ketones (excluding diaryl/α,β-unsaturated/α-hetero) is 1. The molecule has 0 aliphatic carbocycles. The van der Waals surface area contributed by atoms with Crippen LogP contribution in [0.15, 0.2) is 0 Å². The van der Waals surface area contributed by atoms with Crippen LogP contribution in [0.2, 0.25) is 0 Å². The van der Waals surface area contributed by atoms with E-state index >= 15 is 0 Å². The third-order valence-electron chi connectivity index (χ3n) is 2.66. The second-order valence-electron chi connectivity index (χ2n) is 4.31. The van der Waals surface area contributed by atoms with E-state index in [1.165, 1.54) is 0 Å². The Morgan fingerprint density at radius 3 is 2.47 bits per heavy atom. The second-order valence-corrected chi connectivity index (χ2v) is 4.31. The van der Waals surface area contributed by atoms with Gasteiger partial charge in [0.1, 0.15) is 5.78 Å². The first-order valence-electron chi connectivity index (χ1n) is 6.32. The summed E-state index contributed by atoms with van der Waals surface area (Å²) < 4.78 is 0. The summed E-state index contributed by atoms with van der Waals surface area (Å²) in [6, 6.07) is 0. The number of rotatable bonds is 12. The van der Waals surface area contributed by atoms with E-state index in [1.54, 1.807) is 6.29 Å². The first-order valence-corrected chi connectivity index (χ1v) is 6.32. The maximum Gasteiger partial charge on any atom is 0.303 e. The SMILES string of the molecule is NCCC([C]=O)C(=O)CCCNC(N)CCC(=O)O. The van der Waals surface area contributed by atoms with Crippen molar-refractivity contribution in [2.45, 2.75) is 38.3 Å². The zero-order valence-electron chi connectivity index (χ0n) is 10.9. The van der Waals surface area contributed by atoms with Crippen molar-refractivity contribution in [3.8, 4) is 0 Å². The molecule has 0 amide bonds. The van der Waals surface area contributed by atoms with Gasteiger partial charge in [0.2, 0.25) is 6.29 Å². The maximum atomic E-state index is 11.6. The van der Waals surface area contributed by atoms with Crippen molar-refractivity contribution in [1.82, 2.24) is 5.32 Å². The largest absolute Gasteiger partial charge is 0.481 e. The highest BCUT2D eigenvalue weighted by molar-refractivity contribution is 5.93. The van der Waals surface area contributed by atoms with Gasteiger partial charge in [0.25, 0.3) is 0 Å². The van der Waals surface area contributed by atoms with Crippen molar-refractivity contribution >= 4 is 18.0 Å². The first-order chi connectivity index (χ1) is 9.01. The Kier molecular flexibility index (Phi) is 9.87. The van der Waals surface area contributed by atoms with Crippen LogP contribution in [0.4, 0.5) is 0 Å². The van der Waals surface area contributed by atoms with Crippen LogP contribution in [0.3, 0.4) is 0 Å². The number of nitrogens with one attached hydrogen (secondary N) is 1. The molecule has 109 valence electrons. The number of aliphatic carboxylic acids is 1. The molecular weight excluding hydrogens is 250 g/mol. The van der Waals surface area contributed by atoms with Gasteiger partial charge in [0, 0.05) is 12.8 Å². The molecule has 0 saturated heterocycles. The van der Waals surface area contributed by atoms with Gasteiger partial charge in [-0.25, -0.2) is 0 Å². The lowest BCUT2D eigenvalue weighted by atomic mass is 9.98. The number of ketones is 1. The van der Waals surface area contributed by atoms with Crippen molar-refractivity contribution in [2.75, 3.05) is 13.1 Å². The Labute approximate surface area is 112 Å². The molecule has 0 aromatic rings. The number of hydrogen-bond acceptors (Lipinski definition) is 6. The van der Waals surface area contributed by atoms with Crippen molar-refractivity contribution in [1.29, 1.82) is 0 Å². The van der Waals surface area contributed by atoms with Gasteiger partial charge >= 0.3 is 5.97 Å². The van der Waals surface area contributed by atoms with Gasteiger partial charge in [-0.1, -0.05) is 0 Å². The minimum Gasteiger partial charge on any atom is -0.481 e. The summed E-state index contributed by atoms with van der Waals surface area (Å²) >= 11 is 0. The molecule has 0 saturated carbocycles. The predicted molar refractivity (Wildman–Crippen MR) is 69.9 cm³/mol. The highest BCUT2D eigenvalue weighted by Gasteiger charge is 2.17. The number of carbonyl (C=O) groups excluding carboxylic acids is 2. The van der Waals surface area contributed by atoms with Crippen LogP contribution in [0, 0.1) is 5.92 Å². The number of nitrogens with two attached hydrogens (primary N) is 2. The fourth-order valence-corrected chi connectivity index (χ4v) is 1.56. The van der Waals surface area contributed by atoms with E-state index in [2.05, 4.69) is 5.32 Å². The van der Waals surface area contributed by atoms with Crippen LogP contribution in [-0.2, 0) is 14.4 Å². The topological polar surface area (TPSA) is 136 Å². The van der Waals surface area contributed by atoms with Gasteiger partial charge in [-0.2, -0.15) is 0 Å². The molecule has 7 nitrogen and oxygen atoms in total. The maximum absolute atomic E-state index is 11.6. The van der Waals surface area contributed by atoms with Crippen LogP contribution < -0.4 is 16.8 Å². The monoisotopic (exact) mass is 272 g/mol. The molecule has 1 radical (unpaired) electrons. The Morgan fingerprint density at radius 1 is 1.26 bits per heavy atom. The molecule has 7 heteroatoms. The zero-order chi connectivity index (χ0) is 14.7. The van der Waals surface area contributed by atoms with Crippen LogP contribution in [0.5, 0.6) is 0 Å². The lowest BCUT2D eigenvalue weighted by molar-refractivity contribution is -0.137. The molecule has 0 aromatic heterocycles. The van der Waals surface area contributed by atoms with E-state index in [0.717, 1.165) is 0 Å². The minimum atomic E-state index is -0.890. The molecule has 6 N–H and O–H groups in total. The van der Waals surface area contributed by atoms with E-state index in [9.17, 15) is 14.4 Å². The summed E-state index contributed by atoms with van der Waals surface area (Å²) in [4.78, 5) is 32.4. The van der Waals surface area contributed by atoms with Crippen LogP contribution in [-0.4, -0.2) is 42.4 Å². The summed E-state index contributed by atoms with van der Waals surface area (Å²) in [7, 11) is 0. The summed E-state index contributed by atoms with van der Waals surface area (Å²) in [5.74, 6) is -1.79. The standard InChI is InChI=1S/C12H22N3O4/c13-6-5-9(8-16)10(17)2-1-7-15-11(14)3-4-12(18)19/h9,11,15H,1-7,13-14H2,(H,18,19). The lowest BCUT2D eigenvalue weighted by Crippen LogP contribution is -2.38. The summed E-state index contributed by atoms with van der Waals surface area (Å²) in [5.41, 5.74) is 10.9. The molecule has 19 heavy (non-hydrogen) atoms. The number of carbonyl (C=O) groups is 2. The van der Waals surface area contributed by atoms with Crippen molar-refractivity contribution < 1.29 is 19.5 Å². The van der Waals surface area contributed by atoms with Gasteiger partial charge in [0.05, 0.1) is 12.1 Å². The number of carboxylic acid groups (broad SMARTS) is 1. The van der Waals surface area contributed by atoms with E-state index in [4.69, 9.17) is 16.6 Å². The van der Waals surface area contributed by atoms with Gasteiger partial charge < -0.3 is 21.9 Å². The molecular formula is C12H22N3O4. The highest BCUT2D eigenvalue weighted by atomic mass is 16.4. The van der Waals surface area contributed by atoms with Gasteiger partial charge in [0.15, 0.2) is 0 Å². The molecule has 0 aliphatic heterocycles. The number of carboxylic acids is 1. The fraction of sp³-hybridized carbons (Fsp3) is 0.750. The smallest absolute Gasteiger partial charge is 0.303 e. The van der Waals surface area contributed by atoms with E-state index in [0.29, 0.717) is 25.8 Å². The average Bonchev–Trinajstić information content (AvgIpc) is 2.38. The Bertz CT molecular complexity index is 297. The van der Waals surface area contributed by atoms with Crippen molar-refractivity contribution in [3.05, 3.63) is 0 Å². The minimum absolute atomic E-state index is 0.00573. The molecule has 2 unspecified atom stereocenters. The molecule has 0 aromatic carbocycles. The molecule has 0 spiro atoms. The Morgan fingerprint density at radius 2 is 1.95 bits per heavy atom. The van der Waals surface area contributed by atoms with Gasteiger partial charge in [-0.05, 0) is 32.4 Å². The Hall–Kier alpha value is -1.31. The molecule has 0 heterocycles. The summed E-state index contributed by atoms with van der Waals surface area (Å²) in [6.45, 7) is 0.782. The van der Waals surface area contributed by atoms with E-state index in [1.807, 2.05) is 0 Å². The second kappa shape index (κ2) is 10.6. The van der Waals surface area contributed by atoms with Crippen LogP contribution >= 0.6 is 0 Å². The van der Waals surface area contributed by atoms with E-state index < -0.39 is 18.1 Å². The quantitative estimate of drug-likeness (QED) is 0.206. The van der Waals surface area contributed by atoms with Crippen LogP contribution in [0.25, 0.3) is 0 Å². The Balaban J connectivity index is 3.70.